The van der Waals surface area contributed by atoms with E-state index < -0.39 is 0 Å². The smallest absolute Gasteiger partial charge is 0.257 e. The normalized spacial score (nSPS) is 13.3. The second kappa shape index (κ2) is 7.75. The second-order valence-corrected chi connectivity index (χ2v) is 6.52. The van der Waals surface area contributed by atoms with Crippen molar-refractivity contribution in [3.05, 3.63) is 72.2 Å². The van der Waals surface area contributed by atoms with Crippen LogP contribution in [0.3, 0.4) is 0 Å². The van der Waals surface area contributed by atoms with Crippen molar-refractivity contribution in [1.82, 2.24) is 4.57 Å². The summed E-state index contributed by atoms with van der Waals surface area (Å²) < 4.78 is 4.39. The van der Waals surface area contributed by atoms with Crippen LogP contribution in [-0.2, 0) is 19.5 Å². The van der Waals surface area contributed by atoms with Gasteiger partial charge in [-0.15, -0.1) is 12.4 Å². The van der Waals surface area contributed by atoms with E-state index in [1.807, 2.05) is 49.4 Å². The first-order valence-corrected chi connectivity index (χ1v) is 8.69. The van der Waals surface area contributed by atoms with Crippen LogP contribution >= 0.6 is 12.4 Å². The number of halogens is 1. The Kier molecular flexibility index (Phi) is 5.43. The number of nitrogens with zero attached hydrogens (tertiary/aromatic N) is 3. The molecule has 2 aromatic carbocycles. The number of aromatic nitrogens is 2. The minimum atomic E-state index is -0.117. The lowest BCUT2D eigenvalue weighted by atomic mass is 10.2. The van der Waals surface area contributed by atoms with Gasteiger partial charge < -0.3 is 5.11 Å². The average Bonchev–Trinajstić information content (AvgIpc) is 3.22. The number of aliphatic imine (C=N–C) groups is 1. The van der Waals surface area contributed by atoms with Gasteiger partial charge in [-0.1, -0.05) is 48.0 Å². The number of hydrogen-bond acceptors (Lipinski definition) is 2. The summed E-state index contributed by atoms with van der Waals surface area (Å²) >= 11 is 0. The van der Waals surface area contributed by atoms with Crippen molar-refractivity contribution < 1.29 is 9.67 Å². The van der Waals surface area contributed by atoms with Crippen LogP contribution in [0.4, 0.5) is 5.69 Å². The fraction of sp³-hybridized carbons (Fsp3) is 0.238. The molecule has 134 valence electrons. The lowest BCUT2D eigenvalue weighted by molar-refractivity contribution is -0.693. The highest BCUT2D eigenvalue weighted by Gasteiger charge is 2.28. The van der Waals surface area contributed by atoms with Crippen molar-refractivity contribution in [2.75, 3.05) is 0 Å². The lowest BCUT2D eigenvalue weighted by Gasteiger charge is -2.09. The van der Waals surface area contributed by atoms with Crippen molar-refractivity contribution in [2.24, 2.45) is 4.99 Å². The van der Waals surface area contributed by atoms with Crippen LogP contribution in [0.1, 0.15) is 17.8 Å². The number of benzene rings is 2. The van der Waals surface area contributed by atoms with Gasteiger partial charge in [-0.3, -0.25) is 4.99 Å². The molecule has 0 aliphatic carbocycles. The maximum absolute atomic E-state index is 12.4. The predicted octanol–water partition coefficient (Wildman–Crippen LogP) is 3.21. The molecule has 0 N–H and O–H groups in total. The molecular weight excluding hydrogens is 346 g/mol. The molecule has 0 bridgehead atoms. The number of hydrogen-bond donors (Lipinski definition) is 0. The lowest BCUT2D eigenvalue weighted by Crippen LogP contribution is -2.43. The summed E-state index contributed by atoms with van der Waals surface area (Å²) in [6.45, 7) is 3.32. The SMILES string of the molecule is Cc1ccc(N=C([O-])C[n+]2cc(-c3ccccc3)n3c2CCC3)cc1.Cl. The molecule has 0 atom stereocenters. The quantitative estimate of drug-likeness (QED) is 0.396. The van der Waals surface area contributed by atoms with E-state index in [9.17, 15) is 5.11 Å². The summed E-state index contributed by atoms with van der Waals surface area (Å²) in [4.78, 5) is 4.23. The van der Waals surface area contributed by atoms with E-state index in [1.54, 1.807) is 0 Å². The molecule has 4 rings (SSSR count). The van der Waals surface area contributed by atoms with Gasteiger partial charge in [-0.2, -0.15) is 0 Å². The summed E-state index contributed by atoms with van der Waals surface area (Å²) in [6.07, 6.45) is 4.22. The third kappa shape index (κ3) is 3.65. The molecule has 4 nitrogen and oxygen atoms in total. The summed E-state index contributed by atoms with van der Waals surface area (Å²) in [5.41, 5.74) is 4.25. The van der Waals surface area contributed by atoms with Crippen molar-refractivity contribution in [3.8, 4) is 11.3 Å². The summed E-state index contributed by atoms with van der Waals surface area (Å²) in [7, 11) is 0. The zero-order chi connectivity index (χ0) is 17.2. The highest BCUT2D eigenvalue weighted by Crippen LogP contribution is 2.24. The van der Waals surface area contributed by atoms with E-state index in [-0.39, 0.29) is 24.8 Å². The van der Waals surface area contributed by atoms with E-state index >= 15 is 0 Å². The Morgan fingerprint density at radius 2 is 1.85 bits per heavy atom. The van der Waals surface area contributed by atoms with Gasteiger partial charge in [0.2, 0.25) is 0 Å². The van der Waals surface area contributed by atoms with Gasteiger partial charge in [0.1, 0.15) is 12.7 Å². The minimum absolute atomic E-state index is 0. The molecule has 0 saturated heterocycles. The highest BCUT2D eigenvalue weighted by atomic mass is 35.5. The van der Waals surface area contributed by atoms with Gasteiger partial charge in [0.25, 0.3) is 5.82 Å². The maximum Gasteiger partial charge on any atom is 0.257 e. The van der Waals surface area contributed by atoms with Gasteiger partial charge in [0.05, 0.1) is 18.7 Å². The van der Waals surface area contributed by atoms with Gasteiger partial charge in [-0.25, -0.2) is 9.13 Å². The van der Waals surface area contributed by atoms with E-state index in [4.69, 9.17) is 0 Å². The maximum atomic E-state index is 12.4. The summed E-state index contributed by atoms with van der Waals surface area (Å²) in [6, 6.07) is 18.1. The van der Waals surface area contributed by atoms with Crippen LogP contribution < -0.4 is 9.67 Å². The molecule has 0 amide bonds. The van der Waals surface area contributed by atoms with Gasteiger partial charge in [-0.05, 0) is 25.5 Å². The molecule has 1 aliphatic rings. The van der Waals surface area contributed by atoms with Crippen molar-refractivity contribution in [3.63, 3.8) is 0 Å². The Labute approximate surface area is 159 Å². The molecule has 5 heteroatoms. The highest BCUT2D eigenvalue weighted by molar-refractivity contribution is 5.85. The van der Waals surface area contributed by atoms with Crippen LogP contribution in [0.25, 0.3) is 11.3 Å². The van der Waals surface area contributed by atoms with Crippen LogP contribution in [0.2, 0.25) is 0 Å². The zero-order valence-electron chi connectivity index (χ0n) is 14.8. The Balaban J connectivity index is 0.00000196. The number of fused-ring (bicyclic) bond motifs is 1. The molecule has 26 heavy (non-hydrogen) atoms. The minimum Gasteiger partial charge on any atom is -0.859 e. The number of rotatable bonds is 4. The fourth-order valence-electron chi connectivity index (χ4n) is 3.43. The third-order valence-electron chi connectivity index (χ3n) is 4.66. The van der Waals surface area contributed by atoms with Crippen molar-refractivity contribution in [1.29, 1.82) is 0 Å². The van der Waals surface area contributed by atoms with Crippen molar-refractivity contribution in [2.45, 2.75) is 32.9 Å². The topological polar surface area (TPSA) is 44.2 Å². The molecule has 0 spiro atoms. The second-order valence-electron chi connectivity index (χ2n) is 6.52. The van der Waals surface area contributed by atoms with Crippen LogP contribution in [0, 0.1) is 6.92 Å². The summed E-state index contributed by atoms with van der Waals surface area (Å²) in [5.74, 6) is 1.10. The number of imidazole rings is 1. The first-order valence-electron chi connectivity index (χ1n) is 8.69. The van der Waals surface area contributed by atoms with Gasteiger partial charge in [0, 0.05) is 11.5 Å². The molecule has 0 saturated carbocycles. The monoisotopic (exact) mass is 367 g/mol. The third-order valence-corrected chi connectivity index (χ3v) is 4.66. The van der Waals surface area contributed by atoms with E-state index in [2.05, 4.69) is 32.5 Å². The van der Waals surface area contributed by atoms with Crippen LogP contribution in [0.5, 0.6) is 0 Å². The zero-order valence-corrected chi connectivity index (χ0v) is 15.6. The molecule has 0 unspecified atom stereocenters. The molecule has 2 heterocycles. The Hall–Kier alpha value is -2.59. The number of aryl methyl sites for hydroxylation is 1. The Morgan fingerprint density at radius 1 is 1.12 bits per heavy atom. The molecule has 1 aromatic heterocycles. The fourth-order valence-corrected chi connectivity index (χ4v) is 3.43. The molecular formula is C21H22ClN3O. The molecule has 0 radical (unpaired) electrons. The van der Waals surface area contributed by atoms with Crippen LogP contribution in [0.15, 0.2) is 65.8 Å². The standard InChI is InChI=1S/C21H21N3O.ClH/c1-16-9-11-18(12-10-16)22-20(25)15-23-14-19(17-6-3-2-4-7-17)24-13-5-8-21(23)24;/h2-4,6-7,9-12,14H,5,8,13,15H2,1H3;1H. The first kappa shape index (κ1) is 18.2. The molecule has 3 aromatic rings. The van der Waals surface area contributed by atoms with Gasteiger partial charge >= 0.3 is 0 Å². The Bertz CT molecular complexity index is 914. The van der Waals surface area contributed by atoms with E-state index in [1.165, 1.54) is 22.6 Å². The predicted molar refractivity (Wildman–Crippen MR) is 104 cm³/mol. The van der Waals surface area contributed by atoms with Gasteiger partial charge in [0.15, 0.2) is 5.69 Å². The van der Waals surface area contributed by atoms with Crippen LogP contribution in [-0.4, -0.2) is 10.5 Å². The summed E-state index contributed by atoms with van der Waals surface area (Å²) in [5, 5.41) is 12.4. The van der Waals surface area contributed by atoms with E-state index in [0.29, 0.717) is 0 Å². The van der Waals surface area contributed by atoms with E-state index in [0.717, 1.165) is 25.1 Å². The Morgan fingerprint density at radius 3 is 2.58 bits per heavy atom. The largest absolute Gasteiger partial charge is 0.859 e. The molecule has 0 fully saturated rings. The average molecular weight is 368 g/mol. The van der Waals surface area contributed by atoms with Crippen molar-refractivity contribution >= 4 is 24.0 Å². The first-order chi connectivity index (χ1) is 12.2. The molecule has 1 aliphatic heterocycles.